The fourth-order valence-electron chi connectivity index (χ4n) is 1.74. The van der Waals surface area contributed by atoms with Crippen LogP contribution in [-0.4, -0.2) is 20.7 Å². The van der Waals surface area contributed by atoms with Crippen LogP contribution in [0.15, 0.2) is 40.9 Å². The average molecular weight is 354 g/mol. The van der Waals surface area contributed by atoms with Crippen molar-refractivity contribution in [2.75, 3.05) is 5.32 Å². The van der Waals surface area contributed by atoms with Gasteiger partial charge in [-0.15, -0.1) is 11.3 Å². The van der Waals surface area contributed by atoms with Gasteiger partial charge in [0.05, 0.1) is 6.21 Å². The van der Waals surface area contributed by atoms with Crippen molar-refractivity contribution in [2.45, 2.75) is 0 Å². The van der Waals surface area contributed by atoms with E-state index in [2.05, 4.69) is 20.8 Å². The number of anilines is 1. The van der Waals surface area contributed by atoms with Gasteiger partial charge in [0, 0.05) is 17.3 Å². The number of thiocarbonyl (C=S) groups is 1. The normalized spacial score (nSPS) is 11.2. The fourth-order valence-corrected chi connectivity index (χ4v) is 2.90. The number of thiazole rings is 1. The summed E-state index contributed by atoms with van der Waals surface area (Å²) in [7, 11) is 0. The maximum absolute atomic E-state index is 12.8. The maximum Gasteiger partial charge on any atom is 0.195 e. The Labute approximate surface area is 139 Å². The standard InChI is InChI=1S/C13H9ClFN5S2/c14-11-10(20-5-6-22-13(20)18-11)7-16-19-12(21)17-9-3-1-8(15)2-4-9/h1-7H,(H2,17,19,21)/b16-7-. The number of aromatic nitrogens is 2. The first kappa shape index (κ1) is 14.9. The van der Waals surface area contributed by atoms with E-state index >= 15 is 0 Å². The minimum absolute atomic E-state index is 0.282. The van der Waals surface area contributed by atoms with Crippen LogP contribution in [0.5, 0.6) is 0 Å². The van der Waals surface area contributed by atoms with Gasteiger partial charge < -0.3 is 5.32 Å². The molecule has 0 fully saturated rings. The lowest BCUT2D eigenvalue weighted by atomic mass is 10.3. The predicted molar refractivity (Wildman–Crippen MR) is 91.4 cm³/mol. The van der Waals surface area contributed by atoms with Crippen molar-refractivity contribution >= 4 is 57.1 Å². The average Bonchev–Trinajstić information content (AvgIpc) is 3.04. The van der Waals surface area contributed by atoms with Gasteiger partial charge >= 0.3 is 0 Å². The summed E-state index contributed by atoms with van der Waals surface area (Å²) in [5.41, 5.74) is 3.99. The summed E-state index contributed by atoms with van der Waals surface area (Å²) in [5.74, 6) is -0.308. The number of halogens is 2. The van der Waals surface area contributed by atoms with Gasteiger partial charge in [-0.2, -0.15) is 5.10 Å². The van der Waals surface area contributed by atoms with Crippen LogP contribution < -0.4 is 10.7 Å². The topological polar surface area (TPSA) is 53.7 Å². The van der Waals surface area contributed by atoms with Crippen LogP contribution in [0.3, 0.4) is 0 Å². The van der Waals surface area contributed by atoms with E-state index in [1.807, 2.05) is 16.0 Å². The number of fused-ring (bicyclic) bond motifs is 1. The van der Waals surface area contributed by atoms with Crippen molar-refractivity contribution in [3.63, 3.8) is 0 Å². The first-order valence-corrected chi connectivity index (χ1v) is 7.77. The van der Waals surface area contributed by atoms with Crippen LogP contribution in [-0.2, 0) is 0 Å². The smallest absolute Gasteiger partial charge is 0.195 e. The van der Waals surface area contributed by atoms with Gasteiger partial charge in [-0.3, -0.25) is 9.83 Å². The molecule has 3 rings (SSSR count). The molecule has 5 nitrogen and oxygen atoms in total. The highest BCUT2D eigenvalue weighted by atomic mass is 35.5. The Balaban J connectivity index is 1.64. The molecule has 2 heterocycles. The number of hydrogen-bond donors (Lipinski definition) is 2. The molecular weight excluding hydrogens is 345 g/mol. The largest absolute Gasteiger partial charge is 0.331 e. The van der Waals surface area contributed by atoms with E-state index in [0.29, 0.717) is 16.5 Å². The molecule has 0 spiro atoms. The third-order valence-corrected chi connectivity index (χ3v) is 3.94. The van der Waals surface area contributed by atoms with Gasteiger partial charge in [-0.1, -0.05) is 11.6 Å². The van der Waals surface area contributed by atoms with E-state index in [4.69, 9.17) is 23.8 Å². The third kappa shape index (κ3) is 3.24. The molecule has 3 aromatic rings. The highest BCUT2D eigenvalue weighted by Crippen LogP contribution is 2.19. The second-order valence-corrected chi connectivity index (χ2v) is 5.81. The quantitative estimate of drug-likeness (QED) is 0.430. The molecule has 0 bridgehead atoms. The Bertz CT molecular complexity index is 840. The molecule has 0 aliphatic rings. The molecule has 0 aliphatic heterocycles. The van der Waals surface area contributed by atoms with E-state index in [1.54, 1.807) is 12.1 Å². The van der Waals surface area contributed by atoms with E-state index in [0.717, 1.165) is 4.96 Å². The van der Waals surface area contributed by atoms with Crippen LogP contribution in [0.25, 0.3) is 4.96 Å². The highest BCUT2D eigenvalue weighted by molar-refractivity contribution is 7.80. The minimum Gasteiger partial charge on any atom is -0.331 e. The van der Waals surface area contributed by atoms with Crippen LogP contribution in [0.2, 0.25) is 5.15 Å². The summed E-state index contributed by atoms with van der Waals surface area (Å²) in [4.78, 5) is 4.98. The molecule has 22 heavy (non-hydrogen) atoms. The molecule has 0 saturated heterocycles. The Kier molecular flexibility index (Phi) is 4.32. The van der Waals surface area contributed by atoms with Crippen molar-refractivity contribution in [3.05, 3.63) is 52.5 Å². The summed E-state index contributed by atoms with van der Waals surface area (Å²) in [6.45, 7) is 0. The number of imidazole rings is 1. The maximum atomic E-state index is 12.8. The molecule has 0 amide bonds. The Morgan fingerprint density at radius 2 is 2.18 bits per heavy atom. The lowest BCUT2D eigenvalue weighted by Crippen LogP contribution is -2.23. The second-order valence-electron chi connectivity index (χ2n) is 4.17. The molecule has 0 aliphatic carbocycles. The van der Waals surface area contributed by atoms with Crippen LogP contribution in [0, 0.1) is 5.82 Å². The van der Waals surface area contributed by atoms with E-state index in [-0.39, 0.29) is 10.9 Å². The minimum atomic E-state index is -0.308. The molecule has 2 aromatic heterocycles. The summed E-state index contributed by atoms with van der Waals surface area (Å²) in [5, 5.41) is 9.47. The summed E-state index contributed by atoms with van der Waals surface area (Å²) in [6, 6.07) is 5.84. The van der Waals surface area contributed by atoms with Crippen LogP contribution in [0.4, 0.5) is 10.1 Å². The van der Waals surface area contributed by atoms with Crippen molar-refractivity contribution in [2.24, 2.45) is 5.10 Å². The van der Waals surface area contributed by atoms with Gasteiger partial charge in [-0.05, 0) is 36.5 Å². The van der Waals surface area contributed by atoms with Gasteiger partial charge in [-0.25, -0.2) is 9.37 Å². The summed E-state index contributed by atoms with van der Waals surface area (Å²) in [6.07, 6.45) is 3.39. The van der Waals surface area contributed by atoms with Crippen molar-refractivity contribution in [1.82, 2.24) is 14.8 Å². The van der Waals surface area contributed by atoms with E-state index < -0.39 is 0 Å². The second kappa shape index (κ2) is 6.39. The first-order valence-electron chi connectivity index (χ1n) is 6.10. The number of benzene rings is 1. The van der Waals surface area contributed by atoms with Crippen molar-refractivity contribution in [3.8, 4) is 0 Å². The van der Waals surface area contributed by atoms with Crippen molar-refractivity contribution < 1.29 is 4.39 Å². The monoisotopic (exact) mass is 353 g/mol. The molecule has 9 heteroatoms. The van der Waals surface area contributed by atoms with Gasteiger partial charge in [0.2, 0.25) is 0 Å². The van der Waals surface area contributed by atoms with Crippen molar-refractivity contribution in [1.29, 1.82) is 0 Å². The molecule has 0 unspecified atom stereocenters. The Morgan fingerprint density at radius 1 is 1.41 bits per heavy atom. The molecular formula is C13H9ClFN5S2. The highest BCUT2D eigenvalue weighted by Gasteiger charge is 2.08. The molecule has 0 atom stereocenters. The van der Waals surface area contributed by atoms with Gasteiger partial charge in [0.25, 0.3) is 0 Å². The summed E-state index contributed by atoms with van der Waals surface area (Å²) < 4.78 is 14.6. The zero-order valence-corrected chi connectivity index (χ0v) is 13.3. The predicted octanol–water partition coefficient (Wildman–Crippen LogP) is 3.51. The lowest BCUT2D eigenvalue weighted by Gasteiger charge is -2.06. The Hall–Kier alpha value is -2.03. The third-order valence-electron chi connectivity index (χ3n) is 2.71. The molecule has 1 aromatic carbocycles. The number of hydrazone groups is 1. The number of nitrogens with one attached hydrogen (secondary N) is 2. The zero-order valence-electron chi connectivity index (χ0n) is 11.0. The molecule has 112 valence electrons. The number of rotatable bonds is 3. The van der Waals surface area contributed by atoms with Crippen LogP contribution >= 0.6 is 35.2 Å². The summed E-state index contributed by atoms with van der Waals surface area (Å²) >= 11 is 12.6. The first-order chi connectivity index (χ1) is 10.6. The molecule has 2 N–H and O–H groups in total. The van der Waals surface area contributed by atoms with E-state index in [1.165, 1.54) is 29.7 Å². The molecule has 0 saturated carbocycles. The van der Waals surface area contributed by atoms with Gasteiger partial charge in [0.15, 0.2) is 15.2 Å². The number of nitrogens with zero attached hydrogens (tertiary/aromatic N) is 3. The van der Waals surface area contributed by atoms with E-state index in [9.17, 15) is 4.39 Å². The lowest BCUT2D eigenvalue weighted by molar-refractivity contribution is 0.628. The van der Waals surface area contributed by atoms with Gasteiger partial charge in [0.1, 0.15) is 11.5 Å². The van der Waals surface area contributed by atoms with Crippen LogP contribution in [0.1, 0.15) is 5.69 Å². The zero-order chi connectivity index (χ0) is 15.5. The Morgan fingerprint density at radius 3 is 2.95 bits per heavy atom. The molecule has 0 radical (unpaired) electrons. The fraction of sp³-hybridized carbons (Fsp3) is 0. The number of hydrogen-bond acceptors (Lipinski definition) is 4. The SMILES string of the molecule is Fc1ccc(NC(=S)N/N=C\c2c(Cl)nc3sccn23)cc1.